The molecular weight excluding hydrogens is 358 g/mol. The first-order valence-electron chi connectivity index (χ1n) is 7.07. The summed E-state index contributed by atoms with van der Waals surface area (Å²) in [5.74, 6) is 1.13. The smallest absolute Gasteiger partial charge is 0.252 e. The van der Waals surface area contributed by atoms with Crippen LogP contribution in [0.1, 0.15) is 10.4 Å². The normalized spacial score (nSPS) is 10.5. The van der Waals surface area contributed by atoms with E-state index in [1.165, 1.54) is 0 Å². The van der Waals surface area contributed by atoms with E-state index in [-0.39, 0.29) is 5.91 Å². The summed E-state index contributed by atoms with van der Waals surface area (Å²) >= 11 is 3.38. The predicted octanol–water partition coefficient (Wildman–Crippen LogP) is 2.53. The summed E-state index contributed by atoms with van der Waals surface area (Å²) in [6.45, 7) is 1.07. The predicted molar refractivity (Wildman–Crippen MR) is 89.7 cm³/mol. The van der Waals surface area contributed by atoms with Crippen molar-refractivity contribution in [1.29, 1.82) is 0 Å². The van der Waals surface area contributed by atoms with Gasteiger partial charge in [0.05, 0.1) is 5.56 Å². The maximum absolute atomic E-state index is 12.2. The third-order valence-corrected chi connectivity index (χ3v) is 3.93. The van der Waals surface area contributed by atoms with E-state index in [1.807, 2.05) is 29.0 Å². The standard InChI is InChI=1S/C16H14BrN5O/c17-13-5-2-1-4-12(13)16(23)21-9-11-22-10-8-20-15(22)14-18-6-3-7-19-14/h1-8,10H,9,11H2,(H,21,23). The molecule has 0 radical (unpaired) electrons. The van der Waals surface area contributed by atoms with Crippen molar-refractivity contribution >= 4 is 21.8 Å². The molecule has 0 aliphatic carbocycles. The summed E-state index contributed by atoms with van der Waals surface area (Å²) in [7, 11) is 0. The molecule has 2 aromatic heterocycles. The topological polar surface area (TPSA) is 72.7 Å². The maximum atomic E-state index is 12.2. The second kappa shape index (κ2) is 7.15. The number of rotatable bonds is 5. The van der Waals surface area contributed by atoms with Gasteiger partial charge in [-0.15, -0.1) is 0 Å². The SMILES string of the molecule is O=C(NCCn1ccnc1-c1ncccn1)c1ccccc1Br. The van der Waals surface area contributed by atoms with Crippen molar-refractivity contribution in [2.24, 2.45) is 0 Å². The zero-order chi connectivity index (χ0) is 16.1. The molecule has 0 fully saturated rings. The Hall–Kier alpha value is -2.54. The molecule has 116 valence electrons. The molecule has 23 heavy (non-hydrogen) atoms. The van der Waals surface area contributed by atoms with E-state index in [1.54, 1.807) is 30.7 Å². The summed E-state index contributed by atoms with van der Waals surface area (Å²) in [6.07, 6.45) is 6.89. The van der Waals surface area contributed by atoms with Gasteiger partial charge >= 0.3 is 0 Å². The summed E-state index contributed by atoms with van der Waals surface area (Å²) in [5.41, 5.74) is 0.616. The highest BCUT2D eigenvalue weighted by atomic mass is 79.9. The third-order valence-electron chi connectivity index (χ3n) is 3.24. The number of carbonyl (C=O) groups excluding carboxylic acids is 1. The molecule has 1 N–H and O–H groups in total. The van der Waals surface area contributed by atoms with Crippen LogP contribution in [0.3, 0.4) is 0 Å². The lowest BCUT2D eigenvalue weighted by Gasteiger charge is -2.09. The Labute approximate surface area is 141 Å². The van der Waals surface area contributed by atoms with E-state index < -0.39 is 0 Å². The number of aromatic nitrogens is 4. The average Bonchev–Trinajstić information content (AvgIpc) is 3.04. The Morgan fingerprint density at radius 1 is 1.09 bits per heavy atom. The highest BCUT2D eigenvalue weighted by Gasteiger charge is 2.10. The molecule has 0 spiro atoms. The number of carbonyl (C=O) groups is 1. The van der Waals surface area contributed by atoms with Gasteiger partial charge in [-0.1, -0.05) is 12.1 Å². The second-order valence-corrected chi connectivity index (χ2v) is 5.61. The fourth-order valence-electron chi connectivity index (χ4n) is 2.14. The number of amides is 1. The Morgan fingerprint density at radius 3 is 2.65 bits per heavy atom. The van der Waals surface area contributed by atoms with Crippen LogP contribution in [0.25, 0.3) is 11.6 Å². The lowest BCUT2D eigenvalue weighted by molar-refractivity contribution is 0.0951. The first kappa shape index (κ1) is 15.4. The van der Waals surface area contributed by atoms with Crippen LogP contribution in [0.2, 0.25) is 0 Å². The summed E-state index contributed by atoms with van der Waals surface area (Å²) in [6, 6.07) is 9.09. The van der Waals surface area contributed by atoms with Crippen molar-refractivity contribution in [2.45, 2.75) is 6.54 Å². The van der Waals surface area contributed by atoms with E-state index in [0.29, 0.717) is 30.3 Å². The highest BCUT2D eigenvalue weighted by Crippen LogP contribution is 2.15. The Bertz CT molecular complexity index is 803. The Balaban J connectivity index is 1.63. The quantitative estimate of drug-likeness (QED) is 0.747. The molecule has 7 heteroatoms. The van der Waals surface area contributed by atoms with Crippen molar-refractivity contribution in [3.05, 3.63) is 65.2 Å². The van der Waals surface area contributed by atoms with Crippen LogP contribution in [0, 0.1) is 0 Å². The molecule has 0 unspecified atom stereocenters. The fraction of sp³-hybridized carbons (Fsp3) is 0.125. The summed E-state index contributed by atoms with van der Waals surface area (Å²) < 4.78 is 2.69. The van der Waals surface area contributed by atoms with Gasteiger partial charge in [-0.05, 0) is 34.1 Å². The monoisotopic (exact) mass is 371 g/mol. The van der Waals surface area contributed by atoms with Gasteiger partial charge < -0.3 is 9.88 Å². The molecule has 0 saturated heterocycles. The van der Waals surface area contributed by atoms with Gasteiger partial charge in [0.1, 0.15) is 0 Å². The molecular formula is C16H14BrN5O. The van der Waals surface area contributed by atoms with Crippen LogP contribution < -0.4 is 5.32 Å². The molecule has 1 aromatic carbocycles. The van der Waals surface area contributed by atoms with Gasteiger partial charge in [0.25, 0.3) is 5.91 Å². The highest BCUT2D eigenvalue weighted by molar-refractivity contribution is 9.10. The third kappa shape index (κ3) is 3.62. The molecule has 0 atom stereocenters. The molecule has 0 saturated carbocycles. The van der Waals surface area contributed by atoms with Gasteiger partial charge in [-0.2, -0.15) is 0 Å². The first-order chi connectivity index (χ1) is 11.3. The van der Waals surface area contributed by atoms with E-state index >= 15 is 0 Å². The van der Waals surface area contributed by atoms with Crippen molar-refractivity contribution in [3.8, 4) is 11.6 Å². The molecule has 3 aromatic rings. The fourth-order valence-corrected chi connectivity index (χ4v) is 2.61. The van der Waals surface area contributed by atoms with Crippen molar-refractivity contribution in [3.63, 3.8) is 0 Å². The van der Waals surface area contributed by atoms with E-state index in [4.69, 9.17) is 0 Å². The molecule has 0 aliphatic rings. The number of hydrogen-bond donors (Lipinski definition) is 1. The minimum absolute atomic E-state index is 0.116. The minimum atomic E-state index is -0.116. The van der Waals surface area contributed by atoms with Crippen molar-refractivity contribution in [2.75, 3.05) is 6.54 Å². The van der Waals surface area contributed by atoms with E-state index in [2.05, 4.69) is 36.2 Å². The van der Waals surface area contributed by atoms with Crippen LogP contribution in [0.15, 0.2) is 59.6 Å². The number of hydrogen-bond acceptors (Lipinski definition) is 4. The zero-order valence-electron chi connectivity index (χ0n) is 12.2. The molecule has 1 amide bonds. The van der Waals surface area contributed by atoms with Gasteiger partial charge in [-0.25, -0.2) is 15.0 Å². The molecule has 0 bridgehead atoms. The van der Waals surface area contributed by atoms with E-state index in [9.17, 15) is 4.79 Å². The van der Waals surface area contributed by atoms with Gasteiger partial charge in [0, 0.05) is 42.3 Å². The van der Waals surface area contributed by atoms with Crippen molar-refractivity contribution < 1.29 is 4.79 Å². The van der Waals surface area contributed by atoms with Gasteiger partial charge in [-0.3, -0.25) is 4.79 Å². The van der Waals surface area contributed by atoms with Crippen LogP contribution in [0.5, 0.6) is 0 Å². The molecule has 6 nitrogen and oxygen atoms in total. The number of halogens is 1. The zero-order valence-corrected chi connectivity index (χ0v) is 13.8. The number of nitrogens with zero attached hydrogens (tertiary/aromatic N) is 4. The van der Waals surface area contributed by atoms with Gasteiger partial charge in [0.15, 0.2) is 11.6 Å². The minimum Gasteiger partial charge on any atom is -0.350 e. The largest absolute Gasteiger partial charge is 0.350 e. The number of benzene rings is 1. The van der Waals surface area contributed by atoms with Crippen molar-refractivity contribution in [1.82, 2.24) is 24.8 Å². The summed E-state index contributed by atoms with van der Waals surface area (Å²) in [5, 5.41) is 2.90. The van der Waals surface area contributed by atoms with Crippen LogP contribution >= 0.6 is 15.9 Å². The molecule has 3 rings (SSSR count). The average molecular weight is 372 g/mol. The lowest BCUT2D eigenvalue weighted by Crippen LogP contribution is -2.27. The first-order valence-corrected chi connectivity index (χ1v) is 7.86. The summed E-state index contributed by atoms with van der Waals surface area (Å²) in [4.78, 5) is 24.8. The van der Waals surface area contributed by atoms with Gasteiger partial charge in [0.2, 0.25) is 0 Å². The van der Waals surface area contributed by atoms with Crippen LogP contribution in [0.4, 0.5) is 0 Å². The molecule has 2 heterocycles. The Morgan fingerprint density at radius 2 is 1.87 bits per heavy atom. The number of imidazole rings is 1. The maximum Gasteiger partial charge on any atom is 0.252 e. The van der Waals surface area contributed by atoms with Crippen LogP contribution in [-0.2, 0) is 6.54 Å². The Kier molecular flexibility index (Phi) is 4.77. The second-order valence-electron chi connectivity index (χ2n) is 4.75. The molecule has 0 aliphatic heterocycles. The lowest BCUT2D eigenvalue weighted by atomic mass is 10.2. The van der Waals surface area contributed by atoms with E-state index in [0.717, 1.165) is 4.47 Å². The number of nitrogens with one attached hydrogen (secondary N) is 1. The van der Waals surface area contributed by atoms with Crippen LogP contribution in [-0.4, -0.2) is 32.0 Å².